The number of rotatable bonds is 2. The summed E-state index contributed by atoms with van der Waals surface area (Å²) in [6.45, 7) is 4.62. The van der Waals surface area contributed by atoms with Gasteiger partial charge in [-0.15, -0.1) is 0 Å². The number of nitrogens with zero attached hydrogens (tertiary/aromatic N) is 2. The molecule has 0 aliphatic carbocycles. The highest BCUT2D eigenvalue weighted by Crippen LogP contribution is 2.18. The minimum atomic E-state index is 0.160. The standard InChI is InChI=1S/C11H15BrN2OS/c1-2-13-8-9(12)7-10(13)11(15)14-3-5-16-6-4-14/h7-8H,2-6H2,1H3. The SMILES string of the molecule is CCn1cc(Br)cc1C(=O)N1CCSCC1. The Bertz CT molecular complexity index is 385. The number of thioether (sulfide) groups is 1. The molecule has 1 aromatic heterocycles. The average molecular weight is 303 g/mol. The molecule has 1 aromatic rings. The first-order valence-electron chi connectivity index (χ1n) is 5.45. The number of halogens is 1. The fourth-order valence-electron chi connectivity index (χ4n) is 1.84. The van der Waals surface area contributed by atoms with E-state index in [9.17, 15) is 4.79 Å². The van der Waals surface area contributed by atoms with E-state index in [0.29, 0.717) is 0 Å². The second-order valence-electron chi connectivity index (χ2n) is 3.73. The molecule has 3 nitrogen and oxygen atoms in total. The van der Waals surface area contributed by atoms with E-state index in [0.717, 1.165) is 41.3 Å². The van der Waals surface area contributed by atoms with E-state index in [-0.39, 0.29) is 5.91 Å². The average Bonchev–Trinajstić information content (AvgIpc) is 2.70. The Morgan fingerprint density at radius 2 is 2.19 bits per heavy atom. The van der Waals surface area contributed by atoms with Gasteiger partial charge < -0.3 is 9.47 Å². The van der Waals surface area contributed by atoms with E-state index in [1.54, 1.807) is 0 Å². The van der Waals surface area contributed by atoms with E-state index in [4.69, 9.17) is 0 Å². The first-order valence-corrected chi connectivity index (χ1v) is 7.40. The summed E-state index contributed by atoms with van der Waals surface area (Å²) in [6, 6.07) is 1.91. The third-order valence-electron chi connectivity index (χ3n) is 2.72. The number of amides is 1. The molecule has 1 amide bonds. The van der Waals surface area contributed by atoms with Crippen molar-refractivity contribution >= 4 is 33.6 Å². The van der Waals surface area contributed by atoms with Crippen molar-refractivity contribution in [3.05, 3.63) is 22.4 Å². The third kappa shape index (κ3) is 2.46. The molecule has 2 rings (SSSR count). The molecule has 1 aliphatic rings. The van der Waals surface area contributed by atoms with Crippen molar-refractivity contribution in [2.45, 2.75) is 13.5 Å². The van der Waals surface area contributed by atoms with Gasteiger partial charge in [0.1, 0.15) is 5.69 Å². The van der Waals surface area contributed by atoms with Gasteiger partial charge in [0.05, 0.1) is 0 Å². The van der Waals surface area contributed by atoms with Crippen molar-refractivity contribution < 1.29 is 4.79 Å². The Balaban J connectivity index is 2.18. The molecule has 0 N–H and O–H groups in total. The lowest BCUT2D eigenvalue weighted by atomic mass is 10.3. The van der Waals surface area contributed by atoms with Crippen LogP contribution in [-0.2, 0) is 6.54 Å². The molecule has 0 atom stereocenters. The topological polar surface area (TPSA) is 25.2 Å². The van der Waals surface area contributed by atoms with Gasteiger partial charge in [-0.2, -0.15) is 11.8 Å². The van der Waals surface area contributed by atoms with Crippen LogP contribution >= 0.6 is 27.7 Å². The smallest absolute Gasteiger partial charge is 0.270 e. The summed E-state index contributed by atoms with van der Waals surface area (Å²) in [5, 5.41) is 0. The maximum Gasteiger partial charge on any atom is 0.270 e. The Morgan fingerprint density at radius 1 is 1.50 bits per heavy atom. The molecule has 0 radical (unpaired) electrons. The third-order valence-corrected chi connectivity index (χ3v) is 4.10. The quantitative estimate of drug-likeness (QED) is 0.838. The molecule has 1 fully saturated rings. The molecule has 0 spiro atoms. The normalized spacial score (nSPS) is 16.5. The molecule has 1 saturated heterocycles. The predicted octanol–water partition coefficient (Wildman–Crippen LogP) is 2.46. The highest BCUT2D eigenvalue weighted by Gasteiger charge is 2.21. The van der Waals surface area contributed by atoms with E-state index in [1.165, 1.54) is 0 Å². The molecule has 88 valence electrons. The lowest BCUT2D eigenvalue weighted by Gasteiger charge is -2.26. The molecular weight excluding hydrogens is 288 g/mol. The minimum absolute atomic E-state index is 0.160. The summed E-state index contributed by atoms with van der Waals surface area (Å²) >= 11 is 5.34. The largest absolute Gasteiger partial charge is 0.343 e. The summed E-state index contributed by atoms with van der Waals surface area (Å²) in [7, 11) is 0. The zero-order chi connectivity index (χ0) is 11.5. The van der Waals surface area contributed by atoms with Gasteiger partial charge in [-0.1, -0.05) is 0 Å². The fourth-order valence-corrected chi connectivity index (χ4v) is 3.21. The van der Waals surface area contributed by atoms with Crippen LogP contribution in [0.3, 0.4) is 0 Å². The van der Waals surface area contributed by atoms with E-state index >= 15 is 0 Å². The van der Waals surface area contributed by atoms with Gasteiger partial charge in [-0.25, -0.2) is 0 Å². The molecule has 5 heteroatoms. The number of aromatic nitrogens is 1. The van der Waals surface area contributed by atoms with Crippen molar-refractivity contribution in [2.24, 2.45) is 0 Å². The van der Waals surface area contributed by atoms with Crippen LogP contribution in [-0.4, -0.2) is 40.0 Å². The Morgan fingerprint density at radius 3 is 2.81 bits per heavy atom. The van der Waals surface area contributed by atoms with Crippen LogP contribution in [0.1, 0.15) is 17.4 Å². The Hall–Kier alpha value is -0.420. The van der Waals surface area contributed by atoms with E-state index in [2.05, 4.69) is 22.9 Å². The van der Waals surface area contributed by atoms with E-state index in [1.807, 2.05) is 33.5 Å². The monoisotopic (exact) mass is 302 g/mol. The van der Waals surface area contributed by atoms with Gasteiger partial charge in [-0.3, -0.25) is 4.79 Å². The van der Waals surface area contributed by atoms with Crippen LogP contribution in [0, 0.1) is 0 Å². The number of carbonyl (C=O) groups excluding carboxylic acids is 1. The predicted molar refractivity (Wildman–Crippen MR) is 71.0 cm³/mol. The maximum absolute atomic E-state index is 12.3. The van der Waals surface area contributed by atoms with Crippen molar-refractivity contribution in [3.8, 4) is 0 Å². The van der Waals surface area contributed by atoms with Gasteiger partial charge in [-0.05, 0) is 28.9 Å². The van der Waals surface area contributed by atoms with Crippen LogP contribution in [0.4, 0.5) is 0 Å². The summed E-state index contributed by atoms with van der Waals surface area (Å²) in [6.07, 6.45) is 1.96. The van der Waals surface area contributed by atoms with Crippen LogP contribution in [0.5, 0.6) is 0 Å². The number of carbonyl (C=O) groups is 1. The Labute approximate surface area is 108 Å². The maximum atomic E-state index is 12.3. The summed E-state index contributed by atoms with van der Waals surface area (Å²) < 4.78 is 2.97. The van der Waals surface area contributed by atoms with Crippen LogP contribution in [0.2, 0.25) is 0 Å². The zero-order valence-electron chi connectivity index (χ0n) is 9.28. The first-order chi connectivity index (χ1) is 7.72. The molecule has 0 unspecified atom stereocenters. The highest BCUT2D eigenvalue weighted by atomic mass is 79.9. The first kappa shape index (κ1) is 12.0. The van der Waals surface area contributed by atoms with Crippen LogP contribution < -0.4 is 0 Å². The van der Waals surface area contributed by atoms with Gasteiger partial charge >= 0.3 is 0 Å². The minimum Gasteiger partial charge on any atom is -0.343 e. The van der Waals surface area contributed by atoms with Gasteiger partial charge in [0.25, 0.3) is 5.91 Å². The molecule has 1 aliphatic heterocycles. The lowest BCUT2D eigenvalue weighted by Crippen LogP contribution is -2.38. The lowest BCUT2D eigenvalue weighted by molar-refractivity contribution is 0.0761. The molecule has 2 heterocycles. The molecule has 0 aromatic carbocycles. The summed E-state index contributed by atoms with van der Waals surface area (Å²) in [5.41, 5.74) is 0.793. The second kappa shape index (κ2) is 5.27. The number of hydrogen-bond acceptors (Lipinski definition) is 2. The van der Waals surface area contributed by atoms with Gasteiger partial charge in [0, 0.05) is 41.8 Å². The fraction of sp³-hybridized carbons (Fsp3) is 0.545. The number of hydrogen-bond donors (Lipinski definition) is 0. The molecule has 0 saturated carbocycles. The van der Waals surface area contributed by atoms with Crippen molar-refractivity contribution in [1.29, 1.82) is 0 Å². The van der Waals surface area contributed by atoms with Crippen molar-refractivity contribution in [3.63, 3.8) is 0 Å². The molecule has 16 heavy (non-hydrogen) atoms. The van der Waals surface area contributed by atoms with Crippen LogP contribution in [0.25, 0.3) is 0 Å². The summed E-state index contributed by atoms with van der Waals surface area (Å²) in [5.74, 6) is 2.27. The molecular formula is C11H15BrN2OS. The van der Waals surface area contributed by atoms with Gasteiger partial charge in [0.2, 0.25) is 0 Å². The zero-order valence-corrected chi connectivity index (χ0v) is 11.7. The highest BCUT2D eigenvalue weighted by molar-refractivity contribution is 9.10. The van der Waals surface area contributed by atoms with Crippen molar-refractivity contribution in [2.75, 3.05) is 24.6 Å². The number of aryl methyl sites for hydroxylation is 1. The van der Waals surface area contributed by atoms with Crippen molar-refractivity contribution in [1.82, 2.24) is 9.47 Å². The molecule has 0 bridgehead atoms. The second-order valence-corrected chi connectivity index (χ2v) is 5.87. The van der Waals surface area contributed by atoms with E-state index < -0.39 is 0 Å². The summed E-state index contributed by atoms with van der Waals surface area (Å²) in [4.78, 5) is 14.2. The van der Waals surface area contributed by atoms with Crippen LogP contribution in [0.15, 0.2) is 16.7 Å². The van der Waals surface area contributed by atoms with Gasteiger partial charge in [0.15, 0.2) is 0 Å². The Kier molecular flexibility index (Phi) is 3.97.